The van der Waals surface area contributed by atoms with Gasteiger partial charge >= 0.3 is 0 Å². The average Bonchev–Trinajstić information content (AvgIpc) is 2.52. The van der Waals surface area contributed by atoms with E-state index in [-0.39, 0.29) is 34.6 Å². The number of hydrogen-bond acceptors (Lipinski definition) is 3. The summed E-state index contributed by atoms with van der Waals surface area (Å²) in [7, 11) is 0. The summed E-state index contributed by atoms with van der Waals surface area (Å²) in [4.78, 5) is 29.9. The van der Waals surface area contributed by atoms with Crippen LogP contribution in [-0.4, -0.2) is 34.9 Å². The molecule has 3 rings (SSSR count). The number of aliphatic imine (C=N–C) groups is 1. The minimum atomic E-state index is -0.646. The maximum absolute atomic E-state index is 12.6. The lowest BCUT2D eigenvalue weighted by Gasteiger charge is -2.41. The lowest BCUT2D eigenvalue weighted by molar-refractivity contribution is -0.787. The number of carbonyl (C=O) groups excluding carboxylic acids is 2. The highest BCUT2D eigenvalue weighted by molar-refractivity contribution is 6.16. The molecule has 0 atom stereocenters. The van der Waals surface area contributed by atoms with Gasteiger partial charge in [-0.2, -0.15) is 0 Å². The van der Waals surface area contributed by atoms with E-state index in [1.165, 1.54) is 0 Å². The summed E-state index contributed by atoms with van der Waals surface area (Å²) in [5.41, 5.74) is 1.33. The molecule has 26 heavy (non-hydrogen) atoms. The molecule has 1 saturated heterocycles. The molecule has 1 aliphatic heterocycles. The Hall–Kier alpha value is -1.81. The topological polar surface area (TPSA) is 63.1 Å². The number of ketones is 2. The molecule has 4 heteroatoms. The van der Waals surface area contributed by atoms with Gasteiger partial charge in [0.25, 0.3) is 0 Å². The molecule has 0 radical (unpaired) electrons. The van der Waals surface area contributed by atoms with E-state index in [2.05, 4.69) is 33.0 Å². The van der Waals surface area contributed by atoms with Crippen LogP contribution in [0.3, 0.4) is 0 Å². The second-order valence-electron chi connectivity index (χ2n) is 9.41. The monoisotopic (exact) mass is 355 g/mol. The predicted molar refractivity (Wildman–Crippen MR) is 104 cm³/mol. The third-order valence-corrected chi connectivity index (χ3v) is 5.61. The third-order valence-electron chi connectivity index (χ3n) is 5.61. The summed E-state index contributed by atoms with van der Waals surface area (Å²) in [6.45, 7) is 8.94. The van der Waals surface area contributed by atoms with Crippen LogP contribution in [0.2, 0.25) is 0 Å². The van der Waals surface area contributed by atoms with Crippen molar-refractivity contribution in [2.75, 3.05) is 0 Å². The van der Waals surface area contributed by atoms with Gasteiger partial charge in [0.2, 0.25) is 0 Å². The van der Waals surface area contributed by atoms with E-state index in [0.29, 0.717) is 12.8 Å². The lowest BCUT2D eigenvalue weighted by atomic mass is 9.77. The fourth-order valence-electron chi connectivity index (χ4n) is 4.89. The van der Waals surface area contributed by atoms with E-state index < -0.39 is 5.92 Å². The van der Waals surface area contributed by atoms with Crippen LogP contribution in [0.5, 0.6) is 0 Å². The Kier molecular flexibility index (Phi) is 5.16. The standard InChI is InChI=1S/C22H30N2O2/c1-21(2)12-17(13-22(3,4)24-21)23-14-18-19(25)10-16(11-20(18)26)15-8-6-5-7-9-15/h5-9,14,16-18,24H,10-13H2,1-4H3/p+1. The molecule has 140 valence electrons. The summed E-state index contributed by atoms with van der Waals surface area (Å²) >= 11 is 0. The number of hydrogen-bond donors (Lipinski definition) is 1. The van der Waals surface area contributed by atoms with Gasteiger partial charge < -0.3 is 5.32 Å². The van der Waals surface area contributed by atoms with Crippen LogP contribution in [0.25, 0.3) is 0 Å². The van der Waals surface area contributed by atoms with Crippen molar-refractivity contribution in [1.82, 2.24) is 0 Å². The second kappa shape index (κ2) is 7.07. The van der Waals surface area contributed by atoms with Crippen molar-refractivity contribution in [3.8, 4) is 0 Å². The molecule has 2 N–H and O–H groups in total. The average molecular weight is 356 g/mol. The van der Waals surface area contributed by atoms with E-state index in [9.17, 15) is 9.59 Å². The van der Waals surface area contributed by atoms with Crippen LogP contribution in [0.4, 0.5) is 0 Å². The van der Waals surface area contributed by atoms with Crippen molar-refractivity contribution in [1.29, 1.82) is 0 Å². The quantitative estimate of drug-likeness (QED) is 0.669. The van der Waals surface area contributed by atoms with E-state index in [0.717, 1.165) is 18.4 Å². The van der Waals surface area contributed by atoms with Gasteiger partial charge in [-0.15, -0.1) is 0 Å². The fourth-order valence-corrected chi connectivity index (χ4v) is 4.89. The maximum atomic E-state index is 12.6. The van der Waals surface area contributed by atoms with Gasteiger partial charge in [0, 0.05) is 31.9 Å². The SMILES string of the molecule is CC1(C)CC(N=CC2C(=O)CC(c3ccccc3)CC2=O)CC(C)(C)[NH2+]1. The molecule has 1 aromatic carbocycles. The number of piperidine rings is 1. The van der Waals surface area contributed by atoms with Gasteiger partial charge in [0.05, 0.1) is 17.1 Å². The van der Waals surface area contributed by atoms with Crippen LogP contribution in [0, 0.1) is 5.92 Å². The molecule has 0 spiro atoms. The summed E-state index contributed by atoms with van der Waals surface area (Å²) in [6, 6.07) is 10.1. The summed E-state index contributed by atoms with van der Waals surface area (Å²) in [5.74, 6) is -0.602. The van der Waals surface area contributed by atoms with Crippen molar-refractivity contribution in [2.45, 2.75) is 76.4 Å². The first-order chi connectivity index (χ1) is 12.2. The van der Waals surface area contributed by atoms with Crippen molar-refractivity contribution >= 4 is 17.8 Å². The van der Waals surface area contributed by atoms with Crippen LogP contribution in [0.15, 0.2) is 35.3 Å². The molecule has 0 amide bonds. The number of nitrogens with zero attached hydrogens (tertiary/aromatic N) is 1. The summed E-state index contributed by atoms with van der Waals surface area (Å²) < 4.78 is 0. The smallest absolute Gasteiger partial charge is 0.149 e. The first-order valence-electron chi connectivity index (χ1n) is 9.66. The molecule has 1 aliphatic carbocycles. The van der Waals surface area contributed by atoms with E-state index in [1.54, 1.807) is 6.21 Å². The second-order valence-corrected chi connectivity index (χ2v) is 9.41. The number of Topliss-reactive ketones (excluding diaryl/α,β-unsaturated/α-hetero) is 2. The molecule has 1 aromatic rings. The van der Waals surface area contributed by atoms with E-state index in [4.69, 9.17) is 4.99 Å². The number of quaternary nitrogens is 1. The minimum absolute atomic E-state index is 0.0137. The van der Waals surface area contributed by atoms with Crippen LogP contribution in [-0.2, 0) is 9.59 Å². The molecule has 0 bridgehead atoms. The largest absolute Gasteiger partial charge is 0.337 e. The van der Waals surface area contributed by atoms with Crippen molar-refractivity contribution in [3.63, 3.8) is 0 Å². The molecule has 2 fully saturated rings. The number of carbonyl (C=O) groups is 2. The lowest BCUT2D eigenvalue weighted by Crippen LogP contribution is -3.05. The fraction of sp³-hybridized carbons (Fsp3) is 0.591. The van der Waals surface area contributed by atoms with Crippen LogP contribution in [0.1, 0.15) is 64.9 Å². The van der Waals surface area contributed by atoms with E-state index >= 15 is 0 Å². The molecule has 2 aliphatic rings. The van der Waals surface area contributed by atoms with Crippen molar-refractivity contribution in [2.24, 2.45) is 10.9 Å². The van der Waals surface area contributed by atoms with Crippen molar-refractivity contribution in [3.05, 3.63) is 35.9 Å². The Morgan fingerprint density at radius 1 is 0.962 bits per heavy atom. The molecule has 0 unspecified atom stereocenters. The van der Waals surface area contributed by atoms with E-state index in [1.807, 2.05) is 30.3 Å². The van der Waals surface area contributed by atoms with Gasteiger partial charge in [0.1, 0.15) is 17.5 Å². The zero-order valence-electron chi connectivity index (χ0n) is 16.4. The van der Waals surface area contributed by atoms with Gasteiger partial charge in [-0.25, -0.2) is 0 Å². The normalized spacial score (nSPS) is 29.2. The Balaban J connectivity index is 1.68. The molecule has 1 heterocycles. The van der Waals surface area contributed by atoms with Crippen LogP contribution < -0.4 is 5.32 Å². The maximum Gasteiger partial charge on any atom is 0.149 e. The van der Waals surface area contributed by atoms with Gasteiger partial charge in [-0.3, -0.25) is 14.6 Å². The Morgan fingerprint density at radius 3 is 2.04 bits per heavy atom. The zero-order chi connectivity index (χ0) is 18.9. The molecular weight excluding hydrogens is 324 g/mol. The first-order valence-corrected chi connectivity index (χ1v) is 9.66. The first kappa shape index (κ1) is 19.0. The van der Waals surface area contributed by atoms with Gasteiger partial charge in [0.15, 0.2) is 0 Å². The van der Waals surface area contributed by atoms with Gasteiger partial charge in [-0.1, -0.05) is 30.3 Å². The Morgan fingerprint density at radius 2 is 1.50 bits per heavy atom. The number of nitrogens with two attached hydrogens (primary N) is 1. The number of rotatable bonds is 3. The Bertz CT molecular complexity index is 672. The third kappa shape index (κ3) is 4.47. The molecular formula is C22H31N2O2+. The summed E-state index contributed by atoms with van der Waals surface area (Å²) in [6.07, 6.45) is 4.46. The van der Waals surface area contributed by atoms with Crippen LogP contribution >= 0.6 is 0 Å². The zero-order valence-corrected chi connectivity index (χ0v) is 16.4. The Labute approximate surface area is 156 Å². The highest BCUT2D eigenvalue weighted by atomic mass is 16.2. The molecule has 1 saturated carbocycles. The molecule has 4 nitrogen and oxygen atoms in total. The van der Waals surface area contributed by atoms with Gasteiger partial charge in [-0.05, 0) is 39.2 Å². The highest BCUT2D eigenvalue weighted by Gasteiger charge is 2.42. The predicted octanol–water partition coefficient (Wildman–Crippen LogP) is 2.67. The highest BCUT2D eigenvalue weighted by Crippen LogP contribution is 2.31. The minimum Gasteiger partial charge on any atom is -0.337 e. The van der Waals surface area contributed by atoms with Crippen molar-refractivity contribution < 1.29 is 14.9 Å². The molecule has 0 aromatic heterocycles. The number of benzene rings is 1. The summed E-state index contributed by atoms with van der Waals surface area (Å²) in [5, 5.41) is 2.41.